The smallest absolute Gasteiger partial charge is 0.305 e. The predicted octanol–water partition coefficient (Wildman–Crippen LogP) is 21.3. The van der Waals surface area contributed by atoms with E-state index in [1.807, 2.05) is 6.08 Å². The van der Waals surface area contributed by atoms with Crippen molar-refractivity contribution in [2.24, 2.45) is 0 Å². The highest BCUT2D eigenvalue weighted by atomic mass is 16.5. The number of allylic oxidation sites excluding steroid dienone is 7. The lowest BCUT2D eigenvalue weighted by Gasteiger charge is -2.20. The summed E-state index contributed by atoms with van der Waals surface area (Å²) in [6, 6.07) is -0.630. The molecule has 0 aromatic heterocycles. The zero-order valence-electron chi connectivity index (χ0n) is 50.3. The van der Waals surface area contributed by atoms with Crippen LogP contribution in [0.4, 0.5) is 0 Å². The second kappa shape index (κ2) is 64.3. The van der Waals surface area contributed by atoms with Gasteiger partial charge >= 0.3 is 5.97 Å². The van der Waals surface area contributed by atoms with Gasteiger partial charge in [-0.2, -0.15) is 0 Å². The van der Waals surface area contributed by atoms with E-state index in [1.165, 1.54) is 276 Å². The topological polar surface area (TPSA) is 95.9 Å². The molecule has 0 aromatic rings. The van der Waals surface area contributed by atoms with Crippen LogP contribution in [0.3, 0.4) is 0 Å². The summed E-state index contributed by atoms with van der Waals surface area (Å²) in [4.78, 5) is 24.6. The van der Waals surface area contributed by atoms with Crippen molar-refractivity contribution < 1.29 is 24.5 Å². The molecular weight excluding hydrogens is 923 g/mol. The molecule has 0 aliphatic heterocycles. The third-order valence-electron chi connectivity index (χ3n) is 15.3. The Labute approximate surface area is 467 Å². The average Bonchev–Trinajstić information content (AvgIpc) is 3.41. The molecule has 3 N–H and O–H groups in total. The summed E-state index contributed by atoms with van der Waals surface area (Å²) in [6.45, 7) is 4.89. The summed E-state index contributed by atoms with van der Waals surface area (Å²) in [6.07, 6.45) is 83.1. The summed E-state index contributed by atoms with van der Waals surface area (Å²) in [7, 11) is 0. The monoisotopic (exact) mass is 1050 g/mol. The predicted molar refractivity (Wildman–Crippen MR) is 329 cm³/mol. The lowest BCUT2D eigenvalue weighted by molar-refractivity contribution is -0.143. The number of esters is 1. The first-order chi connectivity index (χ1) is 37.0. The van der Waals surface area contributed by atoms with E-state index < -0.39 is 12.1 Å². The molecule has 0 fully saturated rings. The quantitative estimate of drug-likeness (QED) is 0.0320. The summed E-state index contributed by atoms with van der Waals surface area (Å²) in [5, 5.41) is 23.1. The second-order valence-corrected chi connectivity index (χ2v) is 22.8. The molecule has 6 heteroatoms. The minimum atomic E-state index is -0.847. The van der Waals surface area contributed by atoms with E-state index in [-0.39, 0.29) is 18.5 Å². The molecule has 0 bridgehead atoms. The van der Waals surface area contributed by atoms with Crippen LogP contribution in [0.5, 0.6) is 0 Å². The fraction of sp³-hybridized carbons (Fsp3) is 0.855. The van der Waals surface area contributed by atoms with E-state index in [0.717, 1.165) is 51.4 Å². The van der Waals surface area contributed by atoms with Crippen molar-refractivity contribution in [2.45, 2.75) is 366 Å². The lowest BCUT2D eigenvalue weighted by atomic mass is 10.0. The van der Waals surface area contributed by atoms with Crippen LogP contribution < -0.4 is 5.32 Å². The molecule has 0 aliphatic carbocycles. The lowest BCUT2D eigenvalue weighted by Crippen LogP contribution is -2.45. The minimum absolute atomic E-state index is 0.00919. The number of aliphatic hydroxyl groups is 2. The van der Waals surface area contributed by atoms with Crippen LogP contribution in [0, 0.1) is 0 Å². The van der Waals surface area contributed by atoms with Gasteiger partial charge in [0.05, 0.1) is 25.4 Å². The van der Waals surface area contributed by atoms with Crippen LogP contribution >= 0.6 is 0 Å². The van der Waals surface area contributed by atoms with Gasteiger partial charge in [-0.3, -0.25) is 9.59 Å². The van der Waals surface area contributed by atoms with Crippen LogP contribution in [-0.4, -0.2) is 47.4 Å². The van der Waals surface area contributed by atoms with Crippen molar-refractivity contribution >= 4 is 11.9 Å². The van der Waals surface area contributed by atoms with Crippen molar-refractivity contribution in [3.63, 3.8) is 0 Å². The molecule has 2 atom stereocenters. The maximum atomic E-state index is 12.5. The second-order valence-electron chi connectivity index (χ2n) is 22.8. The first kappa shape index (κ1) is 72.8. The van der Waals surface area contributed by atoms with E-state index in [9.17, 15) is 19.8 Å². The number of amides is 1. The van der Waals surface area contributed by atoms with E-state index in [0.29, 0.717) is 19.4 Å². The zero-order valence-corrected chi connectivity index (χ0v) is 50.3. The highest BCUT2D eigenvalue weighted by Gasteiger charge is 2.18. The van der Waals surface area contributed by atoms with Crippen molar-refractivity contribution in [2.75, 3.05) is 13.2 Å². The van der Waals surface area contributed by atoms with Crippen LogP contribution in [0.15, 0.2) is 48.6 Å². The molecule has 2 unspecified atom stereocenters. The van der Waals surface area contributed by atoms with Gasteiger partial charge in [0, 0.05) is 12.8 Å². The number of carbonyl (C=O) groups excluding carboxylic acids is 2. The third-order valence-corrected chi connectivity index (χ3v) is 15.3. The Hall–Kier alpha value is -2.18. The number of hydrogen-bond acceptors (Lipinski definition) is 5. The highest BCUT2D eigenvalue weighted by molar-refractivity contribution is 5.76. The normalized spacial score (nSPS) is 12.9. The van der Waals surface area contributed by atoms with Crippen molar-refractivity contribution in [1.82, 2.24) is 5.32 Å². The summed E-state index contributed by atoms with van der Waals surface area (Å²) in [5.74, 6) is -0.0612. The van der Waals surface area contributed by atoms with E-state index in [4.69, 9.17) is 4.74 Å². The largest absolute Gasteiger partial charge is 0.466 e. The number of nitrogens with one attached hydrogen (secondary N) is 1. The van der Waals surface area contributed by atoms with Gasteiger partial charge < -0.3 is 20.3 Å². The van der Waals surface area contributed by atoms with Crippen molar-refractivity contribution in [3.8, 4) is 0 Å². The molecule has 0 spiro atoms. The van der Waals surface area contributed by atoms with Gasteiger partial charge in [0.1, 0.15) is 0 Å². The average molecular weight is 1050 g/mol. The Balaban J connectivity index is 3.40. The molecule has 6 nitrogen and oxygen atoms in total. The van der Waals surface area contributed by atoms with Gasteiger partial charge in [-0.1, -0.05) is 300 Å². The zero-order chi connectivity index (χ0) is 54.3. The number of ether oxygens (including phenoxy) is 1. The molecule has 0 aromatic carbocycles. The summed E-state index contributed by atoms with van der Waals surface area (Å²) in [5.41, 5.74) is 0. The first-order valence-electron chi connectivity index (χ1n) is 33.4. The van der Waals surface area contributed by atoms with Gasteiger partial charge in [0.25, 0.3) is 0 Å². The Morgan fingerprint density at radius 2 is 0.667 bits per heavy atom. The van der Waals surface area contributed by atoms with Gasteiger partial charge in [0.15, 0.2) is 0 Å². The molecule has 0 rings (SSSR count). The molecule has 440 valence electrons. The van der Waals surface area contributed by atoms with Crippen LogP contribution in [0.1, 0.15) is 354 Å². The molecule has 0 heterocycles. The SMILES string of the molecule is CCCCC/C=C\C/C=C\CCCCCCCCCCCC(=O)OCCCCCCCCCCCCCC/C=C\CCCCCCCCCCCC(=O)NC(CO)C(O)/C=C/CCCCCCCCCCCCCC. The maximum Gasteiger partial charge on any atom is 0.305 e. The van der Waals surface area contributed by atoms with E-state index >= 15 is 0 Å². The summed E-state index contributed by atoms with van der Waals surface area (Å²) < 4.78 is 5.50. The first-order valence-corrected chi connectivity index (χ1v) is 33.4. The Kier molecular flexibility index (Phi) is 62.5. The van der Waals surface area contributed by atoms with Crippen molar-refractivity contribution in [3.05, 3.63) is 48.6 Å². The number of unbranched alkanes of at least 4 members (excludes halogenated alkanes) is 45. The van der Waals surface area contributed by atoms with Crippen LogP contribution in [-0.2, 0) is 14.3 Å². The fourth-order valence-electron chi connectivity index (χ4n) is 10.2. The highest BCUT2D eigenvalue weighted by Crippen LogP contribution is 2.17. The molecule has 0 radical (unpaired) electrons. The van der Waals surface area contributed by atoms with Gasteiger partial charge in [-0.25, -0.2) is 0 Å². The van der Waals surface area contributed by atoms with Gasteiger partial charge in [-0.15, -0.1) is 0 Å². The number of hydrogen-bond donors (Lipinski definition) is 3. The minimum Gasteiger partial charge on any atom is -0.466 e. The van der Waals surface area contributed by atoms with Gasteiger partial charge in [-0.05, 0) is 89.9 Å². The number of rotatable bonds is 62. The van der Waals surface area contributed by atoms with Gasteiger partial charge in [0.2, 0.25) is 5.91 Å². The number of carbonyl (C=O) groups is 2. The maximum absolute atomic E-state index is 12.5. The summed E-state index contributed by atoms with van der Waals surface area (Å²) >= 11 is 0. The number of aliphatic hydroxyl groups excluding tert-OH is 2. The van der Waals surface area contributed by atoms with Crippen molar-refractivity contribution in [1.29, 1.82) is 0 Å². The Morgan fingerprint density at radius 3 is 1.05 bits per heavy atom. The molecule has 0 saturated heterocycles. The molecular formula is C69H129NO5. The molecule has 1 amide bonds. The van der Waals surface area contributed by atoms with E-state index in [1.54, 1.807) is 6.08 Å². The Morgan fingerprint density at radius 1 is 0.373 bits per heavy atom. The standard InChI is InChI=1S/C69H129NO5/c1-3-5-7-9-11-13-15-17-19-20-28-32-35-39-43-47-51-55-59-63-69(74)75-64-60-56-52-48-44-40-36-33-30-27-25-23-21-22-24-26-29-31-34-38-42-46-50-54-58-62-68(73)70-66(65-71)67(72)61-57-53-49-45-41-37-18-16-14-12-10-8-6-4-2/h11,13,17,19,22,24,57,61,66-67,71-72H,3-10,12,14-16,18,20-21,23,25-56,58-60,62-65H2,1-2H3,(H,70,73)/b13-11-,19-17-,24-22-,61-57+. The molecule has 0 saturated carbocycles. The fourth-order valence-corrected chi connectivity index (χ4v) is 10.2. The van der Waals surface area contributed by atoms with Crippen LogP contribution in [0.25, 0.3) is 0 Å². The molecule has 75 heavy (non-hydrogen) atoms. The third kappa shape index (κ3) is 60.9. The molecule has 0 aliphatic rings. The Bertz CT molecular complexity index is 1260. The van der Waals surface area contributed by atoms with E-state index in [2.05, 4.69) is 55.6 Å². The van der Waals surface area contributed by atoms with Crippen LogP contribution in [0.2, 0.25) is 0 Å².